The van der Waals surface area contributed by atoms with Crippen molar-refractivity contribution in [3.8, 4) is 0 Å². The second kappa shape index (κ2) is 6.53. The molecule has 0 saturated heterocycles. The van der Waals surface area contributed by atoms with Crippen LogP contribution in [0.5, 0.6) is 0 Å². The topological polar surface area (TPSA) is 94.8 Å². The number of aliphatic hydroxyl groups is 2. The number of aromatic carboxylic acids is 1. The summed E-state index contributed by atoms with van der Waals surface area (Å²) in [5, 5.41) is 28.2. The summed E-state index contributed by atoms with van der Waals surface area (Å²) >= 11 is 0.908. The van der Waals surface area contributed by atoms with Crippen molar-refractivity contribution in [2.75, 3.05) is 5.75 Å². The van der Waals surface area contributed by atoms with E-state index >= 15 is 0 Å². The third kappa shape index (κ3) is 4.14. The second-order valence-corrected chi connectivity index (χ2v) is 4.94. The van der Waals surface area contributed by atoms with Crippen LogP contribution in [0.15, 0.2) is 24.3 Å². The maximum Gasteiger partial charge on any atom is 0.335 e. The molecule has 98 valence electrons. The Morgan fingerprint density at radius 1 is 1.33 bits per heavy atom. The van der Waals surface area contributed by atoms with Gasteiger partial charge in [-0.25, -0.2) is 4.79 Å². The number of thioether (sulfide) groups is 1. The van der Waals surface area contributed by atoms with E-state index in [1.165, 1.54) is 31.2 Å². The molecular formula is C12H14O5S. The highest BCUT2D eigenvalue weighted by atomic mass is 32.2. The molecule has 0 aliphatic rings. The van der Waals surface area contributed by atoms with Gasteiger partial charge in [-0.05, 0) is 17.7 Å². The van der Waals surface area contributed by atoms with Gasteiger partial charge in [0.1, 0.15) is 6.10 Å². The standard InChI is InChI=1S/C12H14O5S/c1-7(13)18-6-10(14)11(15)8-3-2-4-9(5-8)12(16)17/h2-5,10-11,14-15H,6H2,1H3,(H,16,17). The molecule has 0 spiro atoms. The molecule has 0 aromatic heterocycles. The fourth-order valence-electron chi connectivity index (χ4n) is 1.37. The summed E-state index contributed by atoms with van der Waals surface area (Å²) in [5.41, 5.74) is 0.351. The average molecular weight is 270 g/mol. The molecule has 3 N–H and O–H groups in total. The summed E-state index contributed by atoms with van der Waals surface area (Å²) < 4.78 is 0. The average Bonchev–Trinajstić information content (AvgIpc) is 2.35. The van der Waals surface area contributed by atoms with Crippen LogP contribution in [-0.4, -0.2) is 38.3 Å². The van der Waals surface area contributed by atoms with Gasteiger partial charge in [0.15, 0.2) is 5.12 Å². The van der Waals surface area contributed by atoms with Gasteiger partial charge in [0.25, 0.3) is 0 Å². The molecule has 2 unspecified atom stereocenters. The SMILES string of the molecule is CC(=O)SCC(O)C(O)c1cccc(C(=O)O)c1. The molecule has 6 heteroatoms. The van der Waals surface area contributed by atoms with Crippen LogP contribution in [0.1, 0.15) is 28.9 Å². The Morgan fingerprint density at radius 2 is 2.00 bits per heavy atom. The van der Waals surface area contributed by atoms with E-state index in [2.05, 4.69) is 0 Å². The van der Waals surface area contributed by atoms with Crippen molar-refractivity contribution in [2.24, 2.45) is 0 Å². The Hall–Kier alpha value is -1.37. The number of rotatable bonds is 5. The van der Waals surface area contributed by atoms with Crippen LogP contribution in [0.25, 0.3) is 0 Å². The fourth-order valence-corrected chi connectivity index (χ4v) is 1.96. The van der Waals surface area contributed by atoms with Gasteiger partial charge in [-0.2, -0.15) is 0 Å². The molecule has 0 radical (unpaired) electrons. The largest absolute Gasteiger partial charge is 0.478 e. The number of carboxylic acid groups (broad SMARTS) is 1. The first-order chi connectivity index (χ1) is 8.41. The molecule has 0 amide bonds. The van der Waals surface area contributed by atoms with Crippen molar-refractivity contribution in [1.82, 2.24) is 0 Å². The predicted octanol–water partition coefficient (Wildman–Crippen LogP) is 1.06. The van der Waals surface area contributed by atoms with E-state index in [9.17, 15) is 19.8 Å². The molecule has 0 heterocycles. The number of carboxylic acids is 1. The summed E-state index contributed by atoms with van der Waals surface area (Å²) in [5.74, 6) is -1.04. The van der Waals surface area contributed by atoms with Gasteiger partial charge in [0, 0.05) is 12.7 Å². The van der Waals surface area contributed by atoms with Gasteiger partial charge in [-0.3, -0.25) is 4.79 Å². The van der Waals surface area contributed by atoms with E-state index in [0.29, 0.717) is 5.56 Å². The summed E-state index contributed by atoms with van der Waals surface area (Å²) in [7, 11) is 0. The highest BCUT2D eigenvalue weighted by Gasteiger charge is 2.20. The molecule has 0 aliphatic carbocycles. The predicted molar refractivity (Wildman–Crippen MR) is 67.5 cm³/mol. The molecule has 1 aromatic carbocycles. The third-order valence-corrected chi connectivity index (χ3v) is 3.21. The molecular weight excluding hydrogens is 256 g/mol. The van der Waals surface area contributed by atoms with Gasteiger partial charge >= 0.3 is 5.97 Å². The van der Waals surface area contributed by atoms with E-state index in [-0.39, 0.29) is 16.4 Å². The van der Waals surface area contributed by atoms with Crippen LogP contribution in [0, 0.1) is 0 Å². The Labute approximate surface area is 108 Å². The maximum absolute atomic E-state index is 10.8. The first-order valence-corrected chi connectivity index (χ1v) is 6.23. The van der Waals surface area contributed by atoms with Crippen LogP contribution in [-0.2, 0) is 4.79 Å². The monoisotopic (exact) mass is 270 g/mol. The molecule has 0 fully saturated rings. The summed E-state index contributed by atoms with van der Waals surface area (Å²) in [6.07, 6.45) is -2.33. The van der Waals surface area contributed by atoms with E-state index in [0.717, 1.165) is 11.8 Å². The minimum Gasteiger partial charge on any atom is -0.478 e. The van der Waals surface area contributed by atoms with Crippen molar-refractivity contribution in [2.45, 2.75) is 19.1 Å². The van der Waals surface area contributed by atoms with Crippen molar-refractivity contribution in [3.63, 3.8) is 0 Å². The number of aliphatic hydroxyl groups excluding tert-OH is 2. The molecule has 2 atom stereocenters. The third-order valence-electron chi connectivity index (χ3n) is 2.30. The minimum absolute atomic E-state index is 0.0398. The molecule has 0 saturated carbocycles. The van der Waals surface area contributed by atoms with Crippen LogP contribution < -0.4 is 0 Å². The van der Waals surface area contributed by atoms with Gasteiger partial charge in [0.05, 0.1) is 11.7 Å². The Kier molecular flexibility index (Phi) is 5.33. The van der Waals surface area contributed by atoms with Gasteiger partial charge in [-0.1, -0.05) is 23.9 Å². The molecule has 1 rings (SSSR count). The summed E-state index contributed by atoms with van der Waals surface area (Å²) in [6.45, 7) is 1.37. The molecule has 0 aliphatic heterocycles. The van der Waals surface area contributed by atoms with Crippen molar-refractivity contribution >= 4 is 22.8 Å². The molecule has 18 heavy (non-hydrogen) atoms. The second-order valence-electron chi connectivity index (χ2n) is 3.75. The smallest absolute Gasteiger partial charge is 0.335 e. The number of carbonyl (C=O) groups is 2. The van der Waals surface area contributed by atoms with E-state index < -0.39 is 18.2 Å². The number of hydrogen-bond acceptors (Lipinski definition) is 5. The van der Waals surface area contributed by atoms with Crippen LogP contribution in [0.3, 0.4) is 0 Å². The van der Waals surface area contributed by atoms with Crippen molar-refractivity contribution < 1.29 is 24.9 Å². The molecule has 1 aromatic rings. The normalized spacial score (nSPS) is 13.9. The summed E-state index contributed by atoms with van der Waals surface area (Å²) in [4.78, 5) is 21.5. The van der Waals surface area contributed by atoms with Crippen LogP contribution >= 0.6 is 11.8 Å². The Balaban J connectivity index is 2.76. The number of benzene rings is 1. The molecule has 5 nitrogen and oxygen atoms in total. The zero-order valence-corrected chi connectivity index (χ0v) is 10.6. The van der Waals surface area contributed by atoms with Gasteiger partial charge in [-0.15, -0.1) is 0 Å². The lowest BCUT2D eigenvalue weighted by Gasteiger charge is -2.17. The number of carbonyl (C=O) groups excluding carboxylic acids is 1. The minimum atomic E-state index is -1.21. The van der Waals surface area contributed by atoms with E-state index in [1.807, 2.05) is 0 Å². The van der Waals surface area contributed by atoms with E-state index in [1.54, 1.807) is 0 Å². The number of hydrogen-bond donors (Lipinski definition) is 3. The zero-order valence-electron chi connectivity index (χ0n) is 9.74. The summed E-state index contributed by atoms with van der Waals surface area (Å²) in [6, 6.07) is 5.72. The molecule has 0 bridgehead atoms. The lowest BCUT2D eigenvalue weighted by atomic mass is 10.0. The zero-order chi connectivity index (χ0) is 13.7. The highest BCUT2D eigenvalue weighted by Crippen LogP contribution is 2.21. The fraction of sp³-hybridized carbons (Fsp3) is 0.333. The first-order valence-electron chi connectivity index (χ1n) is 5.24. The Morgan fingerprint density at radius 3 is 2.56 bits per heavy atom. The lowest BCUT2D eigenvalue weighted by molar-refractivity contribution is -0.109. The van der Waals surface area contributed by atoms with Crippen LogP contribution in [0.4, 0.5) is 0 Å². The Bertz CT molecular complexity index is 446. The van der Waals surface area contributed by atoms with Crippen LogP contribution in [0.2, 0.25) is 0 Å². The van der Waals surface area contributed by atoms with Gasteiger partial charge in [0.2, 0.25) is 0 Å². The quantitative estimate of drug-likeness (QED) is 0.740. The van der Waals surface area contributed by atoms with Crippen molar-refractivity contribution in [1.29, 1.82) is 0 Å². The lowest BCUT2D eigenvalue weighted by Crippen LogP contribution is -2.21. The van der Waals surface area contributed by atoms with E-state index in [4.69, 9.17) is 5.11 Å². The maximum atomic E-state index is 10.8. The highest BCUT2D eigenvalue weighted by molar-refractivity contribution is 8.13. The first kappa shape index (κ1) is 14.7. The van der Waals surface area contributed by atoms with Crippen molar-refractivity contribution in [3.05, 3.63) is 35.4 Å². The van der Waals surface area contributed by atoms with Gasteiger partial charge < -0.3 is 15.3 Å².